The molecule has 0 bridgehead atoms. The van der Waals surface area contributed by atoms with Crippen molar-refractivity contribution in [2.45, 2.75) is 20.4 Å². The maximum Gasteiger partial charge on any atom is 0.279 e. The van der Waals surface area contributed by atoms with Crippen molar-refractivity contribution in [3.63, 3.8) is 0 Å². The van der Waals surface area contributed by atoms with Gasteiger partial charge in [-0.25, -0.2) is 0 Å². The van der Waals surface area contributed by atoms with Crippen LogP contribution < -0.4 is 4.80 Å². The van der Waals surface area contributed by atoms with Gasteiger partial charge in [0.25, 0.3) is 5.91 Å². The molecule has 3 rings (SSSR count). The number of amides is 1. The first kappa shape index (κ1) is 16.6. The number of hydrogen-bond acceptors (Lipinski definition) is 3. The van der Waals surface area contributed by atoms with E-state index in [1.165, 1.54) is 11.3 Å². The Balaban J connectivity index is 2.05. The largest absolute Gasteiger partial charge is 0.380 e. The van der Waals surface area contributed by atoms with E-state index >= 15 is 0 Å². The highest BCUT2D eigenvalue weighted by Gasteiger charge is 2.10. The number of thiazole rings is 1. The first-order chi connectivity index (χ1) is 11.7. The van der Waals surface area contributed by atoms with Gasteiger partial charge >= 0.3 is 0 Å². The summed E-state index contributed by atoms with van der Waals surface area (Å²) in [6.07, 6.45) is 0. The van der Waals surface area contributed by atoms with E-state index in [-0.39, 0.29) is 5.91 Å². The molecular weight excluding hydrogens is 320 g/mol. The van der Waals surface area contributed by atoms with Gasteiger partial charge in [0, 0.05) is 18.7 Å². The standard InChI is InChI=1S/C19H20N2O2S/c1-3-23-13-12-21-16-10-6-7-11-17(16)24-19(21)20-18(22)15-9-5-4-8-14(15)2/h4-11H,3,12-13H2,1-2H3. The molecule has 0 unspecified atom stereocenters. The number of fused-ring (bicyclic) bond motifs is 1. The Morgan fingerprint density at radius 1 is 1.17 bits per heavy atom. The van der Waals surface area contributed by atoms with E-state index < -0.39 is 0 Å². The zero-order valence-corrected chi connectivity index (χ0v) is 14.7. The quantitative estimate of drug-likeness (QED) is 0.663. The second-order valence-electron chi connectivity index (χ2n) is 5.43. The molecule has 1 aromatic heterocycles. The van der Waals surface area contributed by atoms with Gasteiger partial charge in [0.05, 0.1) is 16.8 Å². The molecule has 4 nitrogen and oxygen atoms in total. The number of aromatic nitrogens is 1. The number of carbonyl (C=O) groups is 1. The summed E-state index contributed by atoms with van der Waals surface area (Å²) in [7, 11) is 0. The summed E-state index contributed by atoms with van der Waals surface area (Å²) in [6, 6.07) is 15.6. The van der Waals surface area contributed by atoms with Gasteiger partial charge in [0.2, 0.25) is 0 Å². The van der Waals surface area contributed by atoms with E-state index in [1.807, 2.05) is 50.2 Å². The Bertz CT molecular complexity index is 924. The Morgan fingerprint density at radius 2 is 1.92 bits per heavy atom. The van der Waals surface area contributed by atoms with Crippen molar-refractivity contribution in [1.29, 1.82) is 0 Å². The van der Waals surface area contributed by atoms with Crippen LogP contribution in [0.5, 0.6) is 0 Å². The van der Waals surface area contributed by atoms with Crippen molar-refractivity contribution in [1.82, 2.24) is 4.57 Å². The Labute approximate surface area is 145 Å². The average molecular weight is 340 g/mol. The second-order valence-corrected chi connectivity index (χ2v) is 6.44. The van der Waals surface area contributed by atoms with Gasteiger partial charge in [-0.1, -0.05) is 41.7 Å². The molecule has 5 heteroatoms. The Morgan fingerprint density at radius 3 is 2.71 bits per heavy atom. The predicted octanol–water partition coefficient (Wildman–Crippen LogP) is 3.79. The number of ether oxygens (including phenoxy) is 1. The molecule has 1 heterocycles. The number of para-hydroxylation sites is 1. The topological polar surface area (TPSA) is 43.6 Å². The lowest BCUT2D eigenvalue weighted by Gasteiger charge is -2.05. The lowest BCUT2D eigenvalue weighted by atomic mass is 10.1. The summed E-state index contributed by atoms with van der Waals surface area (Å²) in [6.45, 7) is 5.86. The summed E-state index contributed by atoms with van der Waals surface area (Å²) < 4.78 is 8.65. The summed E-state index contributed by atoms with van der Waals surface area (Å²) in [5, 5.41) is 0. The van der Waals surface area contributed by atoms with Gasteiger partial charge in [0.1, 0.15) is 0 Å². The van der Waals surface area contributed by atoms with Crippen molar-refractivity contribution < 1.29 is 9.53 Å². The van der Waals surface area contributed by atoms with E-state index in [2.05, 4.69) is 21.7 Å². The number of carbonyl (C=O) groups excluding carboxylic acids is 1. The van der Waals surface area contributed by atoms with Crippen molar-refractivity contribution >= 4 is 27.5 Å². The third-order valence-corrected chi connectivity index (χ3v) is 4.88. The highest BCUT2D eigenvalue weighted by molar-refractivity contribution is 7.16. The number of benzene rings is 2. The molecule has 124 valence electrons. The van der Waals surface area contributed by atoms with Crippen molar-refractivity contribution in [2.24, 2.45) is 4.99 Å². The zero-order valence-electron chi connectivity index (χ0n) is 13.9. The average Bonchev–Trinajstić information content (AvgIpc) is 2.93. The van der Waals surface area contributed by atoms with E-state index in [1.54, 1.807) is 0 Å². The number of nitrogens with zero attached hydrogens (tertiary/aromatic N) is 2. The third kappa shape index (κ3) is 3.47. The fourth-order valence-corrected chi connectivity index (χ4v) is 3.64. The van der Waals surface area contributed by atoms with Gasteiger partial charge in [-0.15, -0.1) is 0 Å². The molecule has 1 amide bonds. The SMILES string of the molecule is CCOCCn1c(=NC(=O)c2ccccc2C)sc2ccccc21. The molecule has 0 aliphatic carbocycles. The molecule has 3 aromatic rings. The normalized spacial score (nSPS) is 12.0. The van der Waals surface area contributed by atoms with Crippen molar-refractivity contribution in [3.05, 3.63) is 64.5 Å². The van der Waals surface area contributed by atoms with Crippen LogP contribution in [0, 0.1) is 6.92 Å². The zero-order chi connectivity index (χ0) is 16.9. The maximum atomic E-state index is 12.6. The molecule has 0 atom stereocenters. The van der Waals surface area contributed by atoms with Gasteiger partial charge in [-0.05, 0) is 37.6 Å². The van der Waals surface area contributed by atoms with Gasteiger partial charge < -0.3 is 9.30 Å². The van der Waals surface area contributed by atoms with E-state index in [4.69, 9.17) is 4.74 Å². The first-order valence-corrected chi connectivity index (χ1v) is 8.83. The Kier molecular flexibility index (Phi) is 5.23. The third-order valence-electron chi connectivity index (χ3n) is 3.82. The van der Waals surface area contributed by atoms with Crippen LogP contribution in [0.2, 0.25) is 0 Å². The van der Waals surface area contributed by atoms with Crippen LogP contribution in [-0.2, 0) is 11.3 Å². The van der Waals surface area contributed by atoms with Gasteiger partial charge in [-0.2, -0.15) is 4.99 Å². The molecule has 0 radical (unpaired) electrons. The van der Waals surface area contributed by atoms with E-state index in [9.17, 15) is 4.79 Å². The summed E-state index contributed by atoms with van der Waals surface area (Å²) in [5.74, 6) is -0.204. The van der Waals surface area contributed by atoms with Crippen molar-refractivity contribution in [2.75, 3.05) is 13.2 Å². The van der Waals surface area contributed by atoms with Crippen molar-refractivity contribution in [3.8, 4) is 0 Å². The first-order valence-electron chi connectivity index (χ1n) is 8.01. The number of rotatable bonds is 5. The molecule has 0 aliphatic heterocycles. The number of hydrogen-bond donors (Lipinski definition) is 0. The van der Waals surface area contributed by atoms with Gasteiger partial charge in [-0.3, -0.25) is 4.79 Å². The minimum Gasteiger partial charge on any atom is -0.380 e. The minimum atomic E-state index is -0.204. The summed E-state index contributed by atoms with van der Waals surface area (Å²) in [5.41, 5.74) is 2.66. The summed E-state index contributed by atoms with van der Waals surface area (Å²) >= 11 is 1.53. The fourth-order valence-electron chi connectivity index (χ4n) is 2.58. The lowest BCUT2D eigenvalue weighted by Crippen LogP contribution is -2.20. The van der Waals surface area contributed by atoms with E-state index in [0.29, 0.717) is 30.1 Å². The molecule has 0 saturated carbocycles. The van der Waals surface area contributed by atoms with Crippen LogP contribution in [0.3, 0.4) is 0 Å². The van der Waals surface area contributed by atoms with Crippen LogP contribution in [0.25, 0.3) is 10.2 Å². The molecule has 0 aliphatic rings. The predicted molar refractivity (Wildman–Crippen MR) is 97.4 cm³/mol. The second kappa shape index (κ2) is 7.55. The summed E-state index contributed by atoms with van der Waals surface area (Å²) in [4.78, 5) is 17.7. The highest BCUT2D eigenvalue weighted by atomic mass is 32.1. The molecule has 0 saturated heterocycles. The molecule has 0 N–H and O–H groups in total. The Hall–Kier alpha value is -2.24. The lowest BCUT2D eigenvalue weighted by molar-refractivity contribution is 0.0996. The molecule has 24 heavy (non-hydrogen) atoms. The van der Waals surface area contributed by atoms with Crippen LogP contribution in [0.4, 0.5) is 0 Å². The minimum absolute atomic E-state index is 0.204. The number of aryl methyl sites for hydroxylation is 1. The smallest absolute Gasteiger partial charge is 0.279 e. The van der Waals surface area contributed by atoms with Crippen LogP contribution in [-0.4, -0.2) is 23.7 Å². The molecule has 0 fully saturated rings. The maximum absolute atomic E-state index is 12.6. The molecular formula is C19H20N2O2S. The molecule has 2 aromatic carbocycles. The highest BCUT2D eigenvalue weighted by Crippen LogP contribution is 2.17. The molecule has 0 spiro atoms. The monoisotopic (exact) mass is 340 g/mol. The van der Waals surface area contributed by atoms with Crippen LogP contribution in [0.1, 0.15) is 22.8 Å². The van der Waals surface area contributed by atoms with Crippen LogP contribution >= 0.6 is 11.3 Å². The van der Waals surface area contributed by atoms with Crippen LogP contribution in [0.15, 0.2) is 53.5 Å². The van der Waals surface area contributed by atoms with Gasteiger partial charge in [0.15, 0.2) is 4.80 Å². The van der Waals surface area contributed by atoms with E-state index in [0.717, 1.165) is 15.8 Å². The fraction of sp³-hybridized carbons (Fsp3) is 0.263.